The number of halogens is 2. The molecule has 1 aliphatic rings. The first-order chi connectivity index (χ1) is 4.29. The molecule has 0 saturated heterocycles. The number of hydrogen-bond acceptors (Lipinski definition) is 0. The predicted molar refractivity (Wildman–Crippen MR) is 40.7 cm³/mol. The summed E-state index contributed by atoms with van der Waals surface area (Å²) in [6.07, 6.45) is 8.15. The van der Waals surface area contributed by atoms with Gasteiger partial charge in [0, 0.05) is 0 Å². The van der Waals surface area contributed by atoms with Crippen molar-refractivity contribution < 1.29 is 47.2 Å². The summed E-state index contributed by atoms with van der Waals surface area (Å²) >= 11 is 0.00250. The first-order valence-corrected chi connectivity index (χ1v) is 11.8. The van der Waals surface area contributed by atoms with E-state index in [4.69, 9.17) is 0 Å². The number of allylic oxidation sites excluding steroid dienone is 4. The standard InChI is InChI=1S/C5H5.C2H7Si.2ClH.Zr/c1-2-4-5-3-1;1-3-2;;;/h1-3H,4H2;3H,1-2H3;2*1H;/q;;;;+2/p-2. The van der Waals surface area contributed by atoms with Crippen molar-refractivity contribution >= 4 is 5.92 Å². The molecule has 4 heteroatoms. The molecule has 11 heavy (non-hydrogen) atoms. The fourth-order valence-corrected chi connectivity index (χ4v) is 9.45. The molecule has 0 amide bonds. The minimum Gasteiger partial charge on any atom is -1.00 e. The quantitative estimate of drug-likeness (QED) is 0.453. The molecule has 0 aromatic rings. The van der Waals surface area contributed by atoms with E-state index >= 15 is 0 Å². The summed E-state index contributed by atoms with van der Waals surface area (Å²) in [7, 11) is 0. The van der Waals surface area contributed by atoms with Gasteiger partial charge in [-0.25, -0.2) is 0 Å². The molecule has 0 aromatic heterocycles. The Morgan fingerprint density at radius 2 is 2.00 bits per heavy atom. The Morgan fingerprint density at radius 3 is 2.36 bits per heavy atom. The molecule has 62 valence electrons. The van der Waals surface area contributed by atoms with Gasteiger partial charge in [0.15, 0.2) is 0 Å². The van der Waals surface area contributed by atoms with Crippen molar-refractivity contribution in [2.45, 2.75) is 19.5 Å². The zero-order chi connectivity index (χ0) is 6.69. The second-order valence-corrected chi connectivity index (χ2v) is 17.4. The van der Waals surface area contributed by atoms with Gasteiger partial charge in [-0.2, -0.15) is 0 Å². The van der Waals surface area contributed by atoms with Gasteiger partial charge in [-0.05, 0) is 0 Å². The van der Waals surface area contributed by atoms with Crippen molar-refractivity contribution in [3.8, 4) is 0 Å². The first-order valence-electron chi connectivity index (χ1n) is 3.41. The van der Waals surface area contributed by atoms with E-state index in [0.717, 1.165) is 0 Å². The molecule has 0 unspecified atom stereocenters. The van der Waals surface area contributed by atoms with E-state index in [1.807, 2.05) is 3.28 Å². The van der Waals surface area contributed by atoms with Crippen LogP contribution in [0.5, 0.6) is 0 Å². The van der Waals surface area contributed by atoms with E-state index in [0.29, 0.717) is 0 Å². The number of hydrogen-bond donors (Lipinski definition) is 0. The zero-order valence-electron chi connectivity index (χ0n) is 6.77. The SMILES string of the molecule is C[SiH](C)[Zr+2][C]1=CC=CC1.[Cl-].[Cl-]. The fourth-order valence-electron chi connectivity index (χ4n) is 0.925. The number of rotatable bonds is 2. The molecule has 0 saturated carbocycles. The van der Waals surface area contributed by atoms with Crippen molar-refractivity contribution in [3.05, 3.63) is 21.5 Å². The molecule has 0 spiro atoms. The molecular weight excluding hydrogens is 274 g/mol. The van der Waals surface area contributed by atoms with Crippen LogP contribution < -0.4 is 24.8 Å². The summed E-state index contributed by atoms with van der Waals surface area (Å²) in [6, 6.07) is 0. The Kier molecular flexibility index (Phi) is 10.4. The molecule has 0 N–H and O–H groups in total. The molecule has 1 rings (SSSR count). The van der Waals surface area contributed by atoms with Gasteiger partial charge in [0.25, 0.3) is 0 Å². The topological polar surface area (TPSA) is 0 Å². The van der Waals surface area contributed by atoms with Crippen LogP contribution in [0, 0.1) is 0 Å². The van der Waals surface area contributed by atoms with E-state index in [1.54, 1.807) is 0 Å². The summed E-state index contributed by atoms with van der Waals surface area (Å²) in [5, 5.41) is 0. The maximum atomic E-state index is 2.48. The summed E-state index contributed by atoms with van der Waals surface area (Å²) < 4.78 is 1.82. The average molecular weight is 286 g/mol. The smallest absolute Gasteiger partial charge is 1.00 e. The Hall–Kier alpha value is 1.16. The molecule has 0 aromatic carbocycles. The van der Waals surface area contributed by atoms with Crippen LogP contribution >= 0.6 is 0 Å². The molecular formula is C7H12Cl2SiZr. The third-order valence-corrected chi connectivity index (χ3v) is 10.1. The molecule has 1 aliphatic carbocycles. The van der Waals surface area contributed by atoms with Crippen molar-refractivity contribution in [2.75, 3.05) is 0 Å². The van der Waals surface area contributed by atoms with Gasteiger partial charge in [-0.15, -0.1) is 0 Å². The second kappa shape index (κ2) is 7.79. The van der Waals surface area contributed by atoms with E-state index in [2.05, 4.69) is 31.3 Å². The molecule has 0 fully saturated rings. The Bertz CT molecular complexity index is 155. The monoisotopic (exact) mass is 284 g/mol. The van der Waals surface area contributed by atoms with E-state index in [9.17, 15) is 0 Å². The third kappa shape index (κ3) is 6.33. The Labute approximate surface area is 93.5 Å². The Balaban J connectivity index is 0. The average Bonchev–Trinajstić information content (AvgIpc) is 2.15. The maximum absolute atomic E-state index is 2.48. The van der Waals surface area contributed by atoms with Crippen LogP contribution in [0.4, 0.5) is 0 Å². The summed E-state index contributed by atoms with van der Waals surface area (Å²) in [4.78, 5) is 0. The van der Waals surface area contributed by atoms with Gasteiger partial charge in [0.2, 0.25) is 0 Å². The van der Waals surface area contributed by atoms with Crippen LogP contribution in [-0.4, -0.2) is 5.92 Å². The van der Waals surface area contributed by atoms with Crippen LogP contribution in [0.25, 0.3) is 0 Å². The van der Waals surface area contributed by atoms with Crippen LogP contribution in [0.2, 0.25) is 13.1 Å². The van der Waals surface area contributed by atoms with E-state index < -0.39 is 0 Å². The minimum absolute atomic E-state index is 0. The van der Waals surface area contributed by atoms with Gasteiger partial charge in [0.1, 0.15) is 0 Å². The molecule has 0 aliphatic heterocycles. The summed E-state index contributed by atoms with van der Waals surface area (Å²) in [5.41, 5.74) is 0. The van der Waals surface area contributed by atoms with Gasteiger partial charge >= 0.3 is 69.3 Å². The van der Waals surface area contributed by atoms with Gasteiger partial charge in [-0.3, -0.25) is 0 Å². The van der Waals surface area contributed by atoms with Crippen molar-refractivity contribution in [1.29, 1.82) is 0 Å². The summed E-state index contributed by atoms with van der Waals surface area (Å²) in [5.74, 6) is -0.162. The zero-order valence-corrected chi connectivity index (χ0v) is 11.9. The van der Waals surface area contributed by atoms with E-state index in [1.165, 1.54) is 6.42 Å². The fraction of sp³-hybridized carbons (Fsp3) is 0.429. The van der Waals surface area contributed by atoms with Gasteiger partial charge in [-0.1, -0.05) is 0 Å². The second-order valence-electron chi connectivity index (χ2n) is 2.62. The largest absolute Gasteiger partial charge is 1.00 e. The van der Waals surface area contributed by atoms with Crippen LogP contribution in [0.3, 0.4) is 0 Å². The normalized spacial score (nSPS) is 13.2. The van der Waals surface area contributed by atoms with Crippen LogP contribution in [0.1, 0.15) is 6.42 Å². The molecule has 0 radical (unpaired) electrons. The Morgan fingerprint density at radius 1 is 1.36 bits per heavy atom. The van der Waals surface area contributed by atoms with Crippen LogP contribution in [0.15, 0.2) is 21.5 Å². The van der Waals surface area contributed by atoms with Crippen molar-refractivity contribution in [3.63, 3.8) is 0 Å². The first kappa shape index (κ1) is 14.7. The maximum Gasteiger partial charge on any atom is -1.00 e. The van der Waals surface area contributed by atoms with Crippen molar-refractivity contribution in [2.24, 2.45) is 0 Å². The minimum atomic E-state index is -0.162. The van der Waals surface area contributed by atoms with Gasteiger partial charge < -0.3 is 24.8 Å². The molecule has 0 nitrogen and oxygen atoms in total. The molecule has 0 atom stereocenters. The molecule has 0 heterocycles. The van der Waals surface area contributed by atoms with Crippen LogP contribution in [-0.2, 0) is 22.4 Å². The molecule has 0 bridgehead atoms. The van der Waals surface area contributed by atoms with E-state index in [-0.39, 0.29) is 53.1 Å². The van der Waals surface area contributed by atoms with Crippen molar-refractivity contribution in [1.82, 2.24) is 0 Å². The predicted octanol–water partition coefficient (Wildman–Crippen LogP) is -4.10. The third-order valence-electron chi connectivity index (χ3n) is 1.25. The summed E-state index contributed by atoms with van der Waals surface area (Å²) in [6.45, 7) is 4.96. The van der Waals surface area contributed by atoms with Gasteiger partial charge in [0.05, 0.1) is 0 Å².